The second-order valence-corrected chi connectivity index (χ2v) is 6.46. The lowest BCUT2D eigenvalue weighted by molar-refractivity contribution is -0.130. The van der Waals surface area contributed by atoms with Crippen molar-refractivity contribution < 1.29 is 14.4 Å². The van der Waals surface area contributed by atoms with Crippen molar-refractivity contribution in [2.45, 2.75) is 38.6 Å². The number of carbonyl (C=O) groups excluding carboxylic acids is 3. The first-order chi connectivity index (χ1) is 12.1. The van der Waals surface area contributed by atoms with E-state index in [1.54, 1.807) is 24.3 Å². The number of amides is 3. The molecule has 0 saturated carbocycles. The Morgan fingerprint density at radius 2 is 2.00 bits per heavy atom. The zero-order chi connectivity index (χ0) is 17.8. The topological polar surface area (TPSA) is 81.8 Å². The second kappa shape index (κ2) is 7.65. The highest BCUT2D eigenvalue weighted by molar-refractivity contribution is 6.01. The van der Waals surface area contributed by atoms with Gasteiger partial charge in [-0.2, -0.15) is 0 Å². The lowest BCUT2D eigenvalue weighted by Gasteiger charge is -2.29. The van der Waals surface area contributed by atoms with Gasteiger partial charge >= 0.3 is 0 Å². The third-order valence-corrected chi connectivity index (χ3v) is 4.62. The monoisotopic (exact) mass is 344 g/mol. The highest BCUT2D eigenvalue weighted by atomic mass is 16.2. The van der Waals surface area contributed by atoms with Crippen molar-refractivity contribution in [2.24, 2.45) is 0 Å². The molecule has 0 radical (unpaired) electrons. The molecule has 134 valence electrons. The van der Waals surface area contributed by atoms with E-state index in [2.05, 4.69) is 17.7 Å². The Bertz CT molecular complexity index is 653. The number of hydrazine groups is 1. The summed E-state index contributed by atoms with van der Waals surface area (Å²) in [5.74, 6) is -0.318. The lowest BCUT2D eigenvalue weighted by Crippen LogP contribution is -2.50. The van der Waals surface area contributed by atoms with Crippen LogP contribution in [0.2, 0.25) is 0 Å². The summed E-state index contributed by atoms with van der Waals surface area (Å²) >= 11 is 0. The van der Waals surface area contributed by atoms with Gasteiger partial charge in [-0.15, -0.1) is 0 Å². The van der Waals surface area contributed by atoms with Crippen LogP contribution in [0.3, 0.4) is 0 Å². The van der Waals surface area contributed by atoms with Gasteiger partial charge in [0, 0.05) is 37.5 Å². The number of carbonyl (C=O) groups is 3. The van der Waals surface area contributed by atoms with Crippen molar-refractivity contribution in [3.63, 3.8) is 0 Å². The van der Waals surface area contributed by atoms with Gasteiger partial charge in [0.25, 0.3) is 5.91 Å². The number of hydrogen-bond acceptors (Lipinski definition) is 4. The number of benzene rings is 1. The molecule has 25 heavy (non-hydrogen) atoms. The molecule has 2 N–H and O–H groups in total. The maximum Gasteiger partial charge on any atom is 0.254 e. The number of anilines is 1. The number of nitrogens with zero attached hydrogens (tertiary/aromatic N) is 2. The molecule has 1 aromatic carbocycles. The normalized spacial score (nSPS) is 20.5. The van der Waals surface area contributed by atoms with Crippen molar-refractivity contribution in [3.8, 4) is 0 Å². The molecule has 0 aromatic heterocycles. The van der Waals surface area contributed by atoms with Gasteiger partial charge in [0.05, 0.1) is 5.69 Å². The van der Waals surface area contributed by atoms with Gasteiger partial charge in [-0.3, -0.25) is 19.8 Å². The summed E-state index contributed by atoms with van der Waals surface area (Å²) in [7, 11) is 0. The standard InChI is InChI=1S/C18H24N4O3/c1-2-11-21(15-9-10-19-12-15)18(25)13-3-5-14(6-4-13)22-17(24)8-7-16(23)20-22/h3-6,15,19H,2,7-12H2,1H3,(H,20,23). The van der Waals surface area contributed by atoms with Gasteiger partial charge < -0.3 is 10.2 Å². The minimum absolute atomic E-state index is 0.0103. The van der Waals surface area contributed by atoms with E-state index in [4.69, 9.17) is 0 Å². The zero-order valence-electron chi connectivity index (χ0n) is 14.5. The van der Waals surface area contributed by atoms with E-state index in [-0.39, 0.29) is 36.6 Å². The SMILES string of the molecule is CCCN(C(=O)c1ccc(N2NC(=O)CCC2=O)cc1)C1CCNC1. The van der Waals surface area contributed by atoms with Gasteiger partial charge in [0.2, 0.25) is 11.8 Å². The molecule has 1 aromatic rings. The molecule has 2 saturated heterocycles. The van der Waals surface area contributed by atoms with Crippen LogP contribution < -0.4 is 15.8 Å². The van der Waals surface area contributed by atoms with Crippen molar-refractivity contribution in [1.82, 2.24) is 15.6 Å². The van der Waals surface area contributed by atoms with Crippen LogP contribution in [0.4, 0.5) is 5.69 Å². The van der Waals surface area contributed by atoms with Crippen LogP contribution in [0.5, 0.6) is 0 Å². The molecule has 0 bridgehead atoms. The molecule has 2 fully saturated rings. The van der Waals surface area contributed by atoms with Crippen LogP contribution in [0.1, 0.15) is 43.0 Å². The van der Waals surface area contributed by atoms with Crippen LogP contribution in [0.15, 0.2) is 24.3 Å². The predicted octanol–water partition coefficient (Wildman–Crippen LogP) is 1.06. The molecule has 1 unspecified atom stereocenters. The number of nitrogens with one attached hydrogen (secondary N) is 2. The summed E-state index contributed by atoms with van der Waals surface area (Å²) in [5.41, 5.74) is 3.73. The van der Waals surface area contributed by atoms with Gasteiger partial charge in [0.15, 0.2) is 0 Å². The maximum absolute atomic E-state index is 12.9. The Balaban J connectivity index is 1.75. The summed E-state index contributed by atoms with van der Waals surface area (Å²) < 4.78 is 0. The Hall–Kier alpha value is -2.41. The average molecular weight is 344 g/mol. The minimum Gasteiger partial charge on any atom is -0.334 e. The van der Waals surface area contributed by atoms with E-state index in [0.29, 0.717) is 11.3 Å². The number of rotatable bonds is 5. The third-order valence-electron chi connectivity index (χ3n) is 4.62. The molecule has 7 heteroatoms. The van der Waals surface area contributed by atoms with Crippen LogP contribution in [0.25, 0.3) is 0 Å². The van der Waals surface area contributed by atoms with Crippen LogP contribution in [-0.2, 0) is 9.59 Å². The van der Waals surface area contributed by atoms with Crippen molar-refractivity contribution in [2.75, 3.05) is 24.6 Å². The summed E-state index contributed by atoms with van der Waals surface area (Å²) in [4.78, 5) is 38.3. The van der Waals surface area contributed by atoms with E-state index in [0.717, 1.165) is 32.5 Å². The first kappa shape index (κ1) is 17.4. The molecule has 3 rings (SSSR count). The molecule has 2 aliphatic heterocycles. The minimum atomic E-state index is -0.178. The predicted molar refractivity (Wildman–Crippen MR) is 93.9 cm³/mol. The Morgan fingerprint density at radius 1 is 1.24 bits per heavy atom. The molecule has 7 nitrogen and oxygen atoms in total. The Kier molecular flexibility index (Phi) is 5.33. The molecular weight excluding hydrogens is 320 g/mol. The van der Waals surface area contributed by atoms with Crippen molar-refractivity contribution >= 4 is 23.4 Å². The molecular formula is C18H24N4O3. The summed E-state index contributed by atoms with van der Waals surface area (Å²) in [5, 5.41) is 4.56. The Morgan fingerprint density at radius 3 is 2.64 bits per heavy atom. The van der Waals surface area contributed by atoms with E-state index in [9.17, 15) is 14.4 Å². The zero-order valence-corrected chi connectivity index (χ0v) is 14.5. The average Bonchev–Trinajstić information content (AvgIpc) is 3.15. The maximum atomic E-state index is 12.9. The number of hydrogen-bond donors (Lipinski definition) is 2. The van der Waals surface area contributed by atoms with E-state index >= 15 is 0 Å². The van der Waals surface area contributed by atoms with Gasteiger partial charge in [-0.05, 0) is 43.7 Å². The Labute approximate surface area is 147 Å². The van der Waals surface area contributed by atoms with Crippen LogP contribution in [0, 0.1) is 0 Å². The molecule has 1 atom stereocenters. The summed E-state index contributed by atoms with van der Waals surface area (Å²) in [6, 6.07) is 7.07. The summed E-state index contributed by atoms with van der Waals surface area (Å²) in [6.07, 6.45) is 2.30. The van der Waals surface area contributed by atoms with E-state index < -0.39 is 0 Å². The molecule has 2 aliphatic rings. The molecule has 2 heterocycles. The lowest BCUT2D eigenvalue weighted by atomic mass is 10.1. The molecule has 0 aliphatic carbocycles. The van der Waals surface area contributed by atoms with Gasteiger partial charge in [-0.1, -0.05) is 6.92 Å². The van der Waals surface area contributed by atoms with Crippen LogP contribution >= 0.6 is 0 Å². The van der Waals surface area contributed by atoms with E-state index in [1.807, 2.05) is 4.90 Å². The fourth-order valence-corrected chi connectivity index (χ4v) is 3.30. The molecule has 0 spiro atoms. The summed E-state index contributed by atoms with van der Waals surface area (Å²) in [6.45, 7) is 4.57. The first-order valence-corrected chi connectivity index (χ1v) is 8.84. The van der Waals surface area contributed by atoms with Crippen molar-refractivity contribution in [3.05, 3.63) is 29.8 Å². The van der Waals surface area contributed by atoms with Gasteiger partial charge in [0.1, 0.15) is 0 Å². The van der Waals surface area contributed by atoms with Crippen molar-refractivity contribution in [1.29, 1.82) is 0 Å². The van der Waals surface area contributed by atoms with Gasteiger partial charge in [-0.25, -0.2) is 5.01 Å². The largest absolute Gasteiger partial charge is 0.334 e. The fraction of sp³-hybridized carbons (Fsp3) is 0.500. The van der Waals surface area contributed by atoms with Crippen LogP contribution in [-0.4, -0.2) is 48.3 Å². The highest BCUT2D eigenvalue weighted by Crippen LogP contribution is 2.20. The van der Waals surface area contributed by atoms with E-state index in [1.165, 1.54) is 5.01 Å². The first-order valence-electron chi connectivity index (χ1n) is 8.84. The quantitative estimate of drug-likeness (QED) is 0.837. The highest BCUT2D eigenvalue weighted by Gasteiger charge is 2.27. The third kappa shape index (κ3) is 3.82. The second-order valence-electron chi connectivity index (χ2n) is 6.46. The fourth-order valence-electron chi connectivity index (χ4n) is 3.30. The smallest absolute Gasteiger partial charge is 0.254 e. The molecule has 3 amide bonds.